The first-order valence-corrected chi connectivity index (χ1v) is 7.26. The minimum Gasteiger partial charge on any atom is -0.493 e. The van der Waals surface area contributed by atoms with Crippen molar-refractivity contribution < 1.29 is 28.1 Å². The lowest BCUT2D eigenvalue weighted by molar-refractivity contribution is 0.0337. The van der Waals surface area contributed by atoms with E-state index in [1.807, 2.05) is 0 Å². The van der Waals surface area contributed by atoms with Crippen molar-refractivity contribution in [2.45, 2.75) is 13.0 Å². The normalized spacial score (nSPS) is 11.5. The topological polar surface area (TPSA) is 54.0 Å². The summed E-state index contributed by atoms with van der Waals surface area (Å²) in [5.41, 5.74) is 0.954. The largest absolute Gasteiger partial charge is 0.493 e. The third kappa shape index (κ3) is 3.76. The molecule has 5 nitrogen and oxygen atoms in total. The van der Waals surface area contributed by atoms with Crippen LogP contribution in [0.1, 0.15) is 28.9 Å². The van der Waals surface area contributed by atoms with Gasteiger partial charge < -0.3 is 18.9 Å². The van der Waals surface area contributed by atoms with Gasteiger partial charge in [0.2, 0.25) is 5.75 Å². The molecular weight excluding hydrogens is 315 g/mol. The van der Waals surface area contributed by atoms with E-state index in [1.54, 1.807) is 19.1 Å². The van der Waals surface area contributed by atoms with Crippen LogP contribution in [0.2, 0.25) is 0 Å². The van der Waals surface area contributed by atoms with E-state index in [0.717, 1.165) is 0 Å². The van der Waals surface area contributed by atoms with Gasteiger partial charge in [-0.05, 0) is 36.8 Å². The molecule has 0 aromatic heterocycles. The Labute approximate surface area is 139 Å². The lowest BCUT2D eigenvalue weighted by Gasteiger charge is -2.16. The number of carbonyl (C=O) groups is 1. The summed E-state index contributed by atoms with van der Waals surface area (Å²) in [5.74, 6) is 0.215. The van der Waals surface area contributed by atoms with Crippen LogP contribution < -0.4 is 14.2 Å². The fraction of sp³-hybridized carbons (Fsp3) is 0.278. The van der Waals surface area contributed by atoms with Crippen LogP contribution in [0.5, 0.6) is 17.2 Å². The first kappa shape index (κ1) is 17.6. The molecule has 2 aromatic carbocycles. The van der Waals surface area contributed by atoms with E-state index in [-0.39, 0.29) is 11.4 Å². The summed E-state index contributed by atoms with van der Waals surface area (Å²) in [4.78, 5) is 12.4. The summed E-state index contributed by atoms with van der Waals surface area (Å²) in [6.07, 6.45) is -0.530. The third-order valence-corrected chi connectivity index (χ3v) is 3.52. The highest BCUT2D eigenvalue weighted by Crippen LogP contribution is 2.38. The Bertz CT molecular complexity index is 687. The summed E-state index contributed by atoms with van der Waals surface area (Å²) in [6, 6.07) is 8.81. The number of ether oxygens (including phenoxy) is 4. The molecule has 24 heavy (non-hydrogen) atoms. The van der Waals surface area contributed by atoms with Gasteiger partial charge in [-0.2, -0.15) is 0 Å². The zero-order chi connectivity index (χ0) is 17.7. The van der Waals surface area contributed by atoms with Crippen molar-refractivity contribution in [3.63, 3.8) is 0 Å². The van der Waals surface area contributed by atoms with Crippen LogP contribution in [0, 0.1) is 5.82 Å². The van der Waals surface area contributed by atoms with E-state index in [2.05, 4.69) is 0 Å². The SMILES string of the molecule is COc1cc(C(=O)O[C@@H](C)c2ccc(F)cc2)cc(OC)c1OC. The van der Waals surface area contributed by atoms with Gasteiger partial charge in [0.05, 0.1) is 26.9 Å². The first-order chi connectivity index (χ1) is 11.5. The lowest BCUT2D eigenvalue weighted by Crippen LogP contribution is -2.10. The Kier molecular flexibility index (Phi) is 5.63. The molecule has 0 heterocycles. The molecule has 2 rings (SSSR count). The van der Waals surface area contributed by atoms with E-state index in [1.165, 1.54) is 45.6 Å². The van der Waals surface area contributed by atoms with Crippen LogP contribution in [-0.2, 0) is 4.74 Å². The van der Waals surface area contributed by atoms with Crippen molar-refractivity contribution in [2.24, 2.45) is 0 Å². The maximum absolute atomic E-state index is 13.0. The number of benzene rings is 2. The molecule has 6 heteroatoms. The Hall–Kier alpha value is -2.76. The third-order valence-electron chi connectivity index (χ3n) is 3.52. The molecule has 0 spiro atoms. The Morgan fingerprint density at radius 1 is 0.958 bits per heavy atom. The average molecular weight is 334 g/mol. The van der Waals surface area contributed by atoms with Crippen LogP contribution in [0.15, 0.2) is 36.4 Å². The predicted octanol–water partition coefficient (Wildman–Crippen LogP) is 3.77. The molecule has 128 valence electrons. The maximum atomic E-state index is 13.0. The second-order valence-corrected chi connectivity index (χ2v) is 5.01. The van der Waals surface area contributed by atoms with Gasteiger partial charge in [0.1, 0.15) is 11.9 Å². The van der Waals surface area contributed by atoms with Crippen molar-refractivity contribution in [1.82, 2.24) is 0 Å². The molecule has 0 bridgehead atoms. The van der Waals surface area contributed by atoms with Gasteiger partial charge >= 0.3 is 5.97 Å². The van der Waals surface area contributed by atoms with Crippen LogP contribution in [0.4, 0.5) is 4.39 Å². The summed E-state index contributed by atoms with van der Waals surface area (Å²) >= 11 is 0. The fourth-order valence-electron chi connectivity index (χ4n) is 2.23. The van der Waals surface area contributed by atoms with Crippen LogP contribution in [0.25, 0.3) is 0 Å². The van der Waals surface area contributed by atoms with Crippen molar-refractivity contribution in [2.75, 3.05) is 21.3 Å². The average Bonchev–Trinajstić information content (AvgIpc) is 2.60. The number of hydrogen-bond donors (Lipinski definition) is 0. The van der Waals surface area contributed by atoms with E-state index < -0.39 is 12.1 Å². The summed E-state index contributed by atoms with van der Waals surface area (Å²) in [7, 11) is 4.41. The minimum absolute atomic E-state index is 0.262. The van der Waals surface area contributed by atoms with Crippen molar-refractivity contribution in [3.05, 3.63) is 53.3 Å². The van der Waals surface area contributed by atoms with Crippen LogP contribution in [-0.4, -0.2) is 27.3 Å². The highest BCUT2D eigenvalue weighted by atomic mass is 19.1. The van der Waals surface area contributed by atoms with Crippen molar-refractivity contribution in [3.8, 4) is 17.2 Å². The fourth-order valence-corrected chi connectivity index (χ4v) is 2.23. The van der Waals surface area contributed by atoms with E-state index >= 15 is 0 Å². The van der Waals surface area contributed by atoms with Crippen molar-refractivity contribution in [1.29, 1.82) is 0 Å². The van der Waals surface area contributed by atoms with E-state index in [9.17, 15) is 9.18 Å². The molecule has 0 aliphatic heterocycles. The number of methoxy groups -OCH3 is 3. The molecule has 0 N–H and O–H groups in total. The van der Waals surface area contributed by atoms with E-state index in [4.69, 9.17) is 18.9 Å². The quantitative estimate of drug-likeness (QED) is 0.753. The van der Waals surface area contributed by atoms with Gasteiger partial charge in [-0.3, -0.25) is 0 Å². The highest BCUT2D eigenvalue weighted by molar-refractivity contribution is 5.91. The molecule has 0 saturated carbocycles. The highest BCUT2D eigenvalue weighted by Gasteiger charge is 2.20. The van der Waals surface area contributed by atoms with Gasteiger partial charge in [-0.1, -0.05) is 12.1 Å². The van der Waals surface area contributed by atoms with Gasteiger partial charge in [-0.15, -0.1) is 0 Å². The number of halogens is 1. The number of carbonyl (C=O) groups excluding carboxylic acids is 1. The first-order valence-electron chi connectivity index (χ1n) is 7.26. The van der Waals surface area contributed by atoms with Gasteiger partial charge in [-0.25, -0.2) is 9.18 Å². The van der Waals surface area contributed by atoms with Crippen LogP contribution >= 0.6 is 0 Å². The molecule has 0 amide bonds. The number of hydrogen-bond acceptors (Lipinski definition) is 5. The molecule has 0 unspecified atom stereocenters. The number of rotatable bonds is 6. The smallest absolute Gasteiger partial charge is 0.339 e. The Morgan fingerprint density at radius 3 is 1.96 bits per heavy atom. The molecule has 0 radical (unpaired) electrons. The van der Waals surface area contributed by atoms with Gasteiger partial charge in [0, 0.05) is 0 Å². The number of esters is 1. The summed E-state index contributed by atoms with van der Waals surface area (Å²) in [5, 5.41) is 0. The predicted molar refractivity (Wildman–Crippen MR) is 86.3 cm³/mol. The Balaban J connectivity index is 2.24. The zero-order valence-corrected chi connectivity index (χ0v) is 14.0. The van der Waals surface area contributed by atoms with Gasteiger partial charge in [0.25, 0.3) is 0 Å². The van der Waals surface area contributed by atoms with Crippen molar-refractivity contribution >= 4 is 5.97 Å². The molecule has 0 aliphatic carbocycles. The van der Waals surface area contributed by atoms with Crippen LogP contribution in [0.3, 0.4) is 0 Å². The second kappa shape index (κ2) is 7.68. The molecule has 0 fully saturated rings. The molecule has 1 atom stereocenters. The summed E-state index contributed by atoms with van der Waals surface area (Å²) in [6.45, 7) is 1.71. The lowest BCUT2D eigenvalue weighted by atomic mass is 10.1. The maximum Gasteiger partial charge on any atom is 0.339 e. The zero-order valence-electron chi connectivity index (χ0n) is 14.0. The molecule has 0 saturated heterocycles. The second-order valence-electron chi connectivity index (χ2n) is 5.01. The molecular formula is C18H19FO5. The molecule has 0 aliphatic rings. The summed E-state index contributed by atoms with van der Waals surface area (Å²) < 4.78 is 34.0. The minimum atomic E-state index is -0.550. The van der Waals surface area contributed by atoms with Gasteiger partial charge in [0.15, 0.2) is 11.5 Å². The monoisotopic (exact) mass is 334 g/mol. The molecule has 2 aromatic rings. The van der Waals surface area contributed by atoms with E-state index in [0.29, 0.717) is 22.8 Å². The standard InChI is InChI=1S/C18H19FO5/c1-11(12-5-7-14(19)8-6-12)24-18(20)13-9-15(21-2)17(23-4)16(10-13)22-3/h5-11H,1-4H3/t11-/m0/s1. The Morgan fingerprint density at radius 2 is 1.50 bits per heavy atom.